The highest BCUT2D eigenvalue weighted by atomic mass is 32.2. The van der Waals surface area contributed by atoms with Gasteiger partial charge in [-0.3, -0.25) is 4.79 Å². The molecule has 0 aliphatic carbocycles. The fraction of sp³-hybridized carbons (Fsp3) is 0.190. The van der Waals surface area contributed by atoms with Crippen LogP contribution in [0.4, 0.5) is 10.2 Å². The second-order valence-electron chi connectivity index (χ2n) is 6.98. The molecule has 4 aromatic rings. The van der Waals surface area contributed by atoms with Gasteiger partial charge in [-0.1, -0.05) is 11.3 Å². The van der Waals surface area contributed by atoms with Crippen molar-refractivity contribution in [3.05, 3.63) is 60.0 Å². The zero-order valence-corrected chi connectivity index (χ0v) is 18.8. The number of nitrogens with one attached hydrogen (secondary N) is 1. The first kappa shape index (κ1) is 21.9. The van der Waals surface area contributed by atoms with E-state index in [1.54, 1.807) is 20.1 Å². The van der Waals surface area contributed by atoms with Crippen LogP contribution in [0.15, 0.2) is 53.4 Å². The molecule has 0 bridgehead atoms. The third-order valence-electron chi connectivity index (χ3n) is 4.63. The van der Waals surface area contributed by atoms with Crippen LogP contribution in [0.25, 0.3) is 15.3 Å². The molecule has 0 unspecified atom stereocenters. The van der Waals surface area contributed by atoms with Gasteiger partial charge in [0.1, 0.15) is 17.4 Å². The van der Waals surface area contributed by atoms with Crippen LogP contribution in [0, 0.1) is 12.7 Å². The van der Waals surface area contributed by atoms with E-state index in [2.05, 4.69) is 15.4 Å². The van der Waals surface area contributed by atoms with E-state index in [0.717, 1.165) is 22.3 Å². The Kier molecular flexibility index (Phi) is 5.94. The number of carbonyl (C=O) groups is 1. The summed E-state index contributed by atoms with van der Waals surface area (Å²) < 4.78 is 45.5. The minimum atomic E-state index is -3.72. The highest BCUT2D eigenvalue weighted by Crippen LogP contribution is 2.29. The maximum absolute atomic E-state index is 13.0. The summed E-state index contributed by atoms with van der Waals surface area (Å²) in [5, 5.41) is 7.66. The number of amides is 1. The molecule has 166 valence electrons. The molecule has 0 aliphatic rings. The van der Waals surface area contributed by atoms with Gasteiger partial charge >= 0.3 is 0 Å². The maximum atomic E-state index is 13.0. The van der Waals surface area contributed by atoms with E-state index < -0.39 is 27.3 Å². The number of sulfone groups is 1. The van der Waals surface area contributed by atoms with Crippen molar-refractivity contribution >= 4 is 43.1 Å². The normalized spacial score (nSPS) is 11.6. The van der Waals surface area contributed by atoms with Crippen molar-refractivity contribution in [2.75, 3.05) is 18.2 Å². The molecular weight excluding hydrogens is 455 g/mol. The van der Waals surface area contributed by atoms with Gasteiger partial charge in [-0.2, -0.15) is 9.78 Å². The first-order valence-corrected chi connectivity index (χ1v) is 12.0. The number of hydrogen-bond acceptors (Lipinski definition) is 7. The fourth-order valence-electron chi connectivity index (χ4n) is 3.04. The number of methoxy groups -OCH3 is 1. The second-order valence-corrected chi connectivity index (χ2v) is 10.1. The van der Waals surface area contributed by atoms with E-state index in [1.807, 2.05) is 18.2 Å². The van der Waals surface area contributed by atoms with Crippen LogP contribution in [-0.4, -0.2) is 42.0 Å². The third kappa shape index (κ3) is 4.63. The maximum Gasteiger partial charge on any atom is 0.226 e. The monoisotopic (exact) mass is 474 g/mol. The zero-order chi connectivity index (χ0) is 22.9. The summed E-state index contributed by atoms with van der Waals surface area (Å²) in [6, 6.07) is 11.7. The van der Waals surface area contributed by atoms with E-state index >= 15 is 0 Å². The van der Waals surface area contributed by atoms with Crippen molar-refractivity contribution in [2.45, 2.75) is 18.2 Å². The molecule has 2 aromatic carbocycles. The lowest BCUT2D eigenvalue weighted by atomic mass is 10.3. The SMILES string of the molecule is COc1ccc2sc(-n3nc(C)cc3NC(=O)CCS(=O)(=O)c3ccc(F)cc3)nc2c1. The van der Waals surface area contributed by atoms with Gasteiger partial charge in [-0.15, -0.1) is 0 Å². The number of carbonyl (C=O) groups excluding carboxylic acids is 1. The minimum absolute atomic E-state index is 0.0301. The van der Waals surface area contributed by atoms with Gasteiger partial charge in [0.25, 0.3) is 0 Å². The Morgan fingerprint density at radius 1 is 1.19 bits per heavy atom. The molecule has 4 rings (SSSR count). The first-order chi connectivity index (χ1) is 15.2. The molecule has 0 radical (unpaired) electrons. The Morgan fingerprint density at radius 3 is 2.66 bits per heavy atom. The number of aromatic nitrogens is 3. The number of anilines is 1. The molecule has 0 aliphatic heterocycles. The van der Waals surface area contributed by atoms with E-state index in [1.165, 1.54) is 28.2 Å². The van der Waals surface area contributed by atoms with Gasteiger partial charge < -0.3 is 10.1 Å². The number of ether oxygens (including phenoxy) is 1. The van der Waals surface area contributed by atoms with Gasteiger partial charge in [-0.25, -0.2) is 17.8 Å². The zero-order valence-electron chi connectivity index (χ0n) is 17.2. The van der Waals surface area contributed by atoms with Crippen LogP contribution >= 0.6 is 11.3 Å². The number of hydrogen-bond donors (Lipinski definition) is 1. The molecular formula is C21H19FN4O4S2. The molecule has 32 heavy (non-hydrogen) atoms. The first-order valence-electron chi connectivity index (χ1n) is 9.55. The van der Waals surface area contributed by atoms with Crippen LogP contribution in [0.3, 0.4) is 0 Å². The average molecular weight is 475 g/mol. The lowest BCUT2D eigenvalue weighted by Crippen LogP contribution is -2.19. The van der Waals surface area contributed by atoms with Gasteiger partial charge in [0.05, 0.1) is 33.7 Å². The number of benzene rings is 2. The smallest absolute Gasteiger partial charge is 0.226 e. The predicted octanol–water partition coefficient (Wildman–Crippen LogP) is 3.74. The van der Waals surface area contributed by atoms with Crippen molar-refractivity contribution in [1.29, 1.82) is 0 Å². The second kappa shape index (κ2) is 8.67. The molecule has 0 saturated heterocycles. The number of rotatable bonds is 7. The molecule has 0 spiro atoms. The number of halogens is 1. The van der Waals surface area contributed by atoms with Crippen molar-refractivity contribution in [3.63, 3.8) is 0 Å². The lowest BCUT2D eigenvalue weighted by molar-refractivity contribution is -0.115. The van der Waals surface area contributed by atoms with Crippen molar-refractivity contribution in [2.24, 2.45) is 0 Å². The van der Waals surface area contributed by atoms with Crippen LogP contribution < -0.4 is 10.1 Å². The molecule has 1 N–H and O–H groups in total. The Balaban J connectivity index is 1.50. The number of thiazole rings is 1. The summed E-state index contributed by atoms with van der Waals surface area (Å²) in [4.78, 5) is 17.0. The Morgan fingerprint density at radius 2 is 1.94 bits per heavy atom. The molecule has 8 nitrogen and oxygen atoms in total. The number of nitrogens with zero attached hydrogens (tertiary/aromatic N) is 3. The number of fused-ring (bicyclic) bond motifs is 1. The van der Waals surface area contributed by atoms with Crippen LogP contribution in [0.2, 0.25) is 0 Å². The van der Waals surface area contributed by atoms with E-state index in [4.69, 9.17) is 4.74 Å². The summed E-state index contributed by atoms with van der Waals surface area (Å²) >= 11 is 1.40. The van der Waals surface area contributed by atoms with Crippen LogP contribution in [0.1, 0.15) is 12.1 Å². The highest BCUT2D eigenvalue weighted by Gasteiger charge is 2.19. The molecule has 1 amide bonds. The predicted molar refractivity (Wildman–Crippen MR) is 120 cm³/mol. The summed E-state index contributed by atoms with van der Waals surface area (Å²) in [6.45, 7) is 1.78. The molecule has 0 saturated carbocycles. The van der Waals surface area contributed by atoms with Gasteiger partial charge in [0.15, 0.2) is 9.84 Å². The lowest BCUT2D eigenvalue weighted by Gasteiger charge is -2.07. The Bertz CT molecular complexity index is 1400. The number of aryl methyl sites for hydroxylation is 1. The van der Waals surface area contributed by atoms with Crippen molar-refractivity contribution in [1.82, 2.24) is 14.8 Å². The fourth-order valence-corrected chi connectivity index (χ4v) is 5.19. The highest BCUT2D eigenvalue weighted by molar-refractivity contribution is 7.91. The minimum Gasteiger partial charge on any atom is -0.497 e. The summed E-state index contributed by atoms with van der Waals surface area (Å²) in [7, 11) is -2.14. The van der Waals surface area contributed by atoms with Gasteiger partial charge in [-0.05, 0) is 43.3 Å². The van der Waals surface area contributed by atoms with E-state index in [0.29, 0.717) is 22.4 Å². The third-order valence-corrected chi connectivity index (χ3v) is 7.38. The molecule has 2 heterocycles. The summed E-state index contributed by atoms with van der Waals surface area (Å²) in [5.41, 5.74) is 1.40. The Hall–Kier alpha value is -3.31. The molecule has 0 fully saturated rings. The average Bonchev–Trinajstić information content (AvgIpc) is 3.34. The van der Waals surface area contributed by atoms with Crippen molar-refractivity contribution in [3.8, 4) is 10.9 Å². The summed E-state index contributed by atoms with van der Waals surface area (Å²) in [6.07, 6.45) is -0.263. The van der Waals surface area contributed by atoms with Crippen LogP contribution in [0.5, 0.6) is 5.75 Å². The summed E-state index contributed by atoms with van der Waals surface area (Å²) in [5.74, 6) is -0.351. The molecule has 11 heteroatoms. The van der Waals surface area contributed by atoms with Gasteiger partial charge in [0, 0.05) is 18.6 Å². The molecule has 2 aromatic heterocycles. The van der Waals surface area contributed by atoms with Crippen molar-refractivity contribution < 1.29 is 22.3 Å². The van der Waals surface area contributed by atoms with E-state index in [-0.39, 0.29) is 11.3 Å². The Labute approximate surface area is 187 Å². The van der Waals surface area contributed by atoms with E-state index in [9.17, 15) is 17.6 Å². The molecule has 0 atom stereocenters. The standard InChI is InChI=1S/C21H19FN4O4S2/c1-13-11-19(24-20(27)9-10-32(28,29)16-6-3-14(22)4-7-16)26(25-13)21-23-17-12-15(30-2)5-8-18(17)31-21/h3-8,11-12H,9-10H2,1-2H3,(H,24,27). The quantitative estimate of drug-likeness (QED) is 0.409. The topological polar surface area (TPSA) is 103 Å². The largest absolute Gasteiger partial charge is 0.497 e. The van der Waals surface area contributed by atoms with Gasteiger partial charge in [0.2, 0.25) is 11.0 Å². The van der Waals surface area contributed by atoms with Crippen LogP contribution in [-0.2, 0) is 14.6 Å².